The summed E-state index contributed by atoms with van der Waals surface area (Å²) in [5.41, 5.74) is 1.24. The van der Waals surface area contributed by atoms with Crippen molar-refractivity contribution in [3.8, 4) is 17.0 Å². The van der Waals surface area contributed by atoms with Crippen LogP contribution in [0.1, 0.15) is 25.5 Å². The maximum atomic E-state index is 12.5. The lowest BCUT2D eigenvalue weighted by Gasteiger charge is -2.16. The smallest absolute Gasteiger partial charge is 0.405 e. The Morgan fingerprint density at radius 3 is 2.57 bits per heavy atom. The molecule has 1 heterocycles. The van der Waals surface area contributed by atoms with E-state index in [1.165, 1.54) is 24.4 Å². The number of ether oxygens (including phenoxy) is 1. The predicted octanol–water partition coefficient (Wildman–Crippen LogP) is 3.52. The summed E-state index contributed by atoms with van der Waals surface area (Å²) in [6.45, 7) is 3.47. The molecular formula is C14H15F3N2O2. The number of hydrogen-bond donors (Lipinski definition) is 1. The van der Waals surface area contributed by atoms with E-state index in [1.54, 1.807) is 10.7 Å². The highest BCUT2D eigenvalue weighted by Crippen LogP contribution is 2.35. The lowest BCUT2D eigenvalue weighted by Crippen LogP contribution is -2.18. The Bertz CT molecular complexity index is 621. The Balaban J connectivity index is 2.56. The normalized spacial score (nSPS) is 12.0. The molecule has 0 unspecified atom stereocenters. The average molecular weight is 300 g/mol. The van der Waals surface area contributed by atoms with Gasteiger partial charge in [0.25, 0.3) is 0 Å². The van der Waals surface area contributed by atoms with Gasteiger partial charge in [0.15, 0.2) is 0 Å². The van der Waals surface area contributed by atoms with Gasteiger partial charge in [0.05, 0.1) is 12.3 Å². The summed E-state index contributed by atoms with van der Waals surface area (Å²) in [7, 11) is 0. The van der Waals surface area contributed by atoms with Gasteiger partial charge in [-0.15, -0.1) is 13.2 Å². The van der Waals surface area contributed by atoms with E-state index in [9.17, 15) is 18.3 Å². The van der Waals surface area contributed by atoms with Gasteiger partial charge in [-0.25, -0.2) is 0 Å². The molecule has 0 spiro atoms. The molecule has 0 fully saturated rings. The van der Waals surface area contributed by atoms with Gasteiger partial charge in [-0.3, -0.25) is 4.68 Å². The monoisotopic (exact) mass is 300 g/mol. The largest absolute Gasteiger partial charge is 0.573 e. The van der Waals surface area contributed by atoms with Crippen molar-refractivity contribution in [2.45, 2.75) is 32.9 Å². The summed E-state index contributed by atoms with van der Waals surface area (Å²) in [4.78, 5) is 0. The fraction of sp³-hybridized carbons (Fsp3) is 0.357. The minimum atomic E-state index is -4.78. The lowest BCUT2D eigenvalue weighted by atomic mass is 10.1. The van der Waals surface area contributed by atoms with Gasteiger partial charge in [-0.05, 0) is 37.6 Å². The van der Waals surface area contributed by atoms with E-state index in [2.05, 4.69) is 9.84 Å². The van der Waals surface area contributed by atoms with Crippen LogP contribution in [0.5, 0.6) is 5.75 Å². The maximum absolute atomic E-state index is 12.5. The fourth-order valence-corrected chi connectivity index (χ4v) is 2.03. The molecule has 0 amide bonds. The Morgan fingerprint density at radius 1 is 1.29 bits per heavy atom. The van der Waals surface area contributed by atoms with Gasteiger partial charge in [0, 0.05) is 17.8 Å². The van der Waals surface area contributed by atoms with Gasteiger partial charge in [0.2, 0.25) is 0 Å². The van der Waals surface area contributed by atoms with E-state index in [0.29, 0.717) is 11.3 Å². The molecule has 0 aliphatic carbocycles. The molecule has 114 valence electrons. The quantitative estimate of drug-likeness (QED) is 0.939. The van der Waals surface area contributed by atoms with Crippen molar-refractivity contribution < 1.29 is 23.0 Å². The minimum absolute atomic E-state index is 0.0217. The van der Waals surface area contributed by atoms with E-state index in [4.69, 9.17) is 0 Å². The van der Waals surface area contributed by atoms with Crippen molar-refractivity contribution in [1.82, 2.24) is 9.78 Å². The van der Waals surface area contributed by atoms with E-state index < -0.39 is 6.36 Å². The molecule has 4 nitrogen and oxygen atoms in total. The molecule has 0 saturated carbocycles. The summed E-state index contributed by atoms with van der Waals surface area (Å²) < 4.78 is 43.2. The highest BCUT2D eigenvalue weighted by atomic mass is 19.4. The zero-order valence-corrected chi connectivity index (χ0v) is 11.6. The zero-order chi connectivity index (χ0) is 15.6. The summed E-state index contributed by atoms with van der Waals surface area (Å²) in [5, 5.41) is 13.3. The Labute approximate surface area is 119 Å². The number of aliphatic hydroxyl groups is 1. The Morgan fingerprint density at radius 2 is 2.00 bits per heavy atom. The molecular weight excluding hydrogens is 285 g/mol. The van der Waals surface area contributed by atoms with Crippen molar-refractivity contribution in [2.75, 3.05) is 0 Å². The van der Waals surface area contributed by atoms with Gasteiger partial charge < -0.3 is 9.84 Å². The van der Waals surface area contributed by atoms with Crippen molar-refractivity contribution in [3.63, 3.8) is 0 Å². The van der Waals surface area contributed by atoms with Gasteiger partial charge in [0.1, 0.15) is 5.75 Å². The second-order valence-corrected chi connectivity index (χ2v) is 4.79. The van der Waals surface area contributed by atoms with E-state index in [1.807, 2.05) is 13.8 Å². The van der Waals surface area contributed by atoms with Gasteiger partial charge in [-0.2, -0.15) is 5.10 Å². The van der Waals surface area contributed by atoms with Gasteiger partial charge >= 0.3 is 6.36 Å². The molecule has 1 aromatic carbocycles. The third-order valence-electron chi connectivity index (χ3n) is 2.89. The summed E-state index contributed by atoms with van der Waals surface area (Å²) >= 11 is 0. The van der Waals surface area contributed by atoms with Crippen LogP contribution in [-0.2, 0) is 6.61 Å². The standard InChI is InChI=1S/C14H15F3N2O2/c1-9(2)19-12(5-6-18-19)11-7-10(8-20)3-4-13(11)21-14(15,16)17/h3-7,9,20H,8H2,1-2H3. The van der Waals surface area contributed by atoms with E-state index in [-0.39, 0.29) is 24.0 Å². The maximum Gasteiger partial charge on any atom is 0.573 e. The number of benzene rings is 1. The number of aromatic nitrogens is 2. The molecule has 2 rings (SSSR count). The summed E-state index contributed by atoms with van der Waals surface area (Å²) in [5.74, 6) is -0.317. The number of aliphatic hydroxyl groups excluding tert-OH is 1. The van der Waals surface area contributed by atoms with Crippen LogP contribution < -0.4 is 4.74 Å². The number of rotatable bonds is 4. The molecule has 0 aliphatic rings. The van der Waals surface area contributed by atoms with Crippen molar-refractivity contribution in [2.24, 2.45) is 0 Å². The van der Waals surface area contributed by atoms with Crippen LogP contribution in [0.15, 0.2) is 30.5 Å². The first-order valence-corrected chi connectivity index (χ1v) is 6.35. The van der Waals surface area contributed by atoms with Crippen LogP contribution in [0.4, 0.5) is 13.2 Å². The summed E-state index contributed by atoms with van der Waals surface area (Å²) in [6.07, 6.45) is -3.27. The molecule has 0 aliphatic heterocycles. The topological polar surface area (TPSA) is 47.3 Å². The van der Waals surface area contributed by atoms with E-state index >= 15 is 0 Å². The van der Waals surface area contributed by atoms with Crippen LogP contribution >= 0.6 is 0 Å². The van der Waals surface area contributed by atoms with Crippen molar-refractivity contribution >= 4 is 0 Å². The highest BCUT2D eigenvalue weighted by molar-refractivity contribution is 5.68. The molecule has 0 bridgehead atoms. The lowest BCUT2D eigenvalue weighted by molar-refractivity contribution is -0.274. The first kappa shape index (κ1) is 15.4. The molecule has 0 atom stereocenters. The Hall–Kier alpha value is -2.02. The molecule has 2 aromatic rings. The molecule has 0 saturated heterocycles. The number of alkyl halides is 3. The molecule has 7 heteroatoms. The minimum Gasteiger partial charge on any atom is -0.405 e. The number of hydrogen-bond acceptors (Lipinski definition) is 3. The van der Waals surface area contributed by atoms with Crippen LogP contribution in [0.2, 0.25) is 0 Å². The SMILES string of the molecule is CC(C)n1nccc1-c1cc(CO)ccc1OC(F)(F)F. The molecule has 1 aromatic heterocycles. The second kappa shape index (κ2) is 5.77. The summed E-state index contributed by atoms with van der Waals surface area (Å²) in [6, 6.07) is 5.65. The third kappa shape index (κ3) is 3.55. The first-order valence-electron chi connectivity index (χ1n) is 6.35. The molecule has 0 radical (unpaired) electrons. The van der Waals surface area contributed by atoms with Crippen LogP contribution in [0, 0.1) is 0 Å². The van der Waals surface area contributed by atoms with Crippen LogP contribution in [0.25, 0.3) is 11.3 Å². The predicted molar refractivity (Wildman–Crippen MR) is 70.7 cm³/mol. The fourth-order valence-electron chi connectivity index (χ4n) is 2.03. The molecule has 21 heavy (non-hydrogen) atoms. The highest BCUT2D eigenvalue weighted by Gasteiger charge is 2.32. The van der Waals surface area contributed by atoms with Crippen molar-refractivity contribution in [3.05, 3.63) is 36.0 Å². The van der Waals surface area contributed by atoms with Gasteiger partial charge in [-0.1, -0.05) is 6.07 Å². The third-order valence-corrected chi connectivity index (χ3v) is 2.89. The first-order chi connectivity index (χ1) is 9.81. The average Bonchev–Trinajstić information content (AvgIpc) is 2.86. The number of nitrogens with zero attached hydrogens (tertiary/aromatic N) is 2. The van der Waals surface area contributed by atoms with Crippen LogP contribution in [0.3, 0.4) is 0 Å². The number of halogens is 3. The Kier molecular flexibility index (Phi) is 4.22. The second-order valence-electron chi connectivity index (χ2n) is 4.79. The van der Waals surface area contributed by atoms with Crippen LogP contribution in [-0.4, -0.2) is 21.2 Å². The van der Waals surface area contributed by atoms with E-state index in [0.717, 1.165) is 0 Å². The van der Waals surface area contributed by atoms with Crippen molar-refractivity contribution in [1.29, 1.82) is 0 Å². The molecule has 1 N–H and O–H groups in total. The zero-order valence-electron chi connectivity index (χ0n) is 11.6.